The van der Waals surface area contributed by atoms with Crippen molar-refractivity contribution in [3.63, 3.8) is 0 Å². The zero-order valence-corrected chi connectivity index (χ0v) is 23.9. The molecule has 0 saturated carbocycles. The zero-order chi connectivity index (χ0) is 32.2. The van der Waals surface area contributed by atoms with Gasteiger partial charge in [-0.15, -0.1) is 0 Å². The average Bonchev–Trinajstić information content (AvgIpc) is 2.91. The predicted octanol–water partition coefficient (Wildman–Crippen LogP) is 5.37. The normalized spacial score (nSPS) is 16.3. The highest BCUT2D eigenvalue weighted by atomic mass is 19.4. The maximum absolute atomic E-state index is 12.7. The Hall–Kier alpha value is -3.95. The SMILES string of the molecule is CC(C)(C)OC(=O)N1CCN(c2ccc(C(F)(F)F)cc2N)CC1.O=[N+]([O-])c1cc(C(F)(F)F)ccc1N1CCNCC1. The van der Waals surface area contributed by atoms with Crippen LogP contribution in [0.4, 0.5) is 53.9 Å². The van der Waals surface area contributed by atoms with Gasteiger partial charge < -0.3 is 30.5 Å². The van der Waals surface area contributed by atoms with Crippen LogP contribution in [0.25, 0.3) is 0 Å². The summed E-state index contributed by atoms with van der Waals surface area (Å²) < 4.78 is 81.1. The number of carbonyl (C=O) groups excluding carboxylic acids is 1. The van der Waals surface area contributed by atoms with E-state index in [1.54, 1.807) is 30.6 Å². The second-order valence-corrected chi connectivity index (χ2v) is 10.9. The monoisotopic (exact) mass is 620 g/mol. The van der Waals surface area contributed by atoms with Gasteiger partial charge in [-0.1, -0.05) is 0 Å². The second kappa shape index (κ2) is 13.1. The molecule has 2 aliphatic rings. The van der Waals surface area contributed by atoms with Gasteiger partial charge >= 0.3 is 18.4 Å². The zero-order valence-electron chi connectivity index (χ0n) is 23.9. The van der Waals surface area contributed by atoms with Crippen LogP contribution in [-0.4, -0.2) is 73.9 Å². The third-order valence-electron chi connectivity index (χ3n) is 6.58. The van der Waals surface area contributed by atoms with Crippen LogP contribution in [0.5, 0.6) is 0 Å². The Morgan fingerprint density at radius 2 is 1.33 bits per heavy atom. The molecule has 16 heteroatoms. The van der Waals surface area contributed by atoms with Crippen molar-refractivity contribution in [2.24, 2.45) is 0 Å². The van der Waals surface area contributed by atoms with Gasteiger partial charge in [0.25, 0.3) is 5.69 Å². The van der Waals surface area contributed by atoms with E-state index in [0.717, 1.165) is 18.2 Å². The molecule has 4 rings (SSSR count). The maximum atomic E-state index is 12.7. The number of rotatable bonds is 3. The van der Waals surface area contributed by atoms with Crippen molar-refractivity contribution >= 4 is 28.8 Å². The first-order valence-corrected chi connectivity index (χ1v) is 13.4. The summed E-state index contributed by atoms with van der Waals surface area (Å²) in [6, 6.07) is 5.98. The molecule has 2 fully saturated rings. The summed E-state index contributed by atoms with van der Waals surface area (Å²) in [6.45, 7) is 9.57. The van der Waals surface area contributed by atoms with Gasteiger partial charge in [0.2, 0.25) is 0 Å². The molecule has 0 bridgehead atoms. The Labute approximate surface area is 244 Å². The summed E-state index contributed by atoms with van der Waals surface area (Å²) in [5, 5.41) is 14.0. The number of hydrogen-bond acceptors (Lipinski definition) is 8. The molecule has 0 radical (unpaired) electrons. The minimum atomic E-state index is -4.58. The van der Waals surface area contributed by atoms with Crippen LogP contribution in [0.15, 0.2) is 36.4 Å². The van der Waals surface area contributed by atoms with E-state index in [0.29, 0.717) is 64.1 Å². The van der Waals surface area contributed by atoms with Gasteiger partial charge in [0.1, 0.15) is 11.3 Å². The van der Waals surface area contributed by atoms with Gasteiger partial charge in [-0.25, -0.2) is 4.79 Å². The molecule has 43 heavy (non-hydrogen) atoms. The molecule has 0 unspecified atom stereocenters. The smallest absolute Gasteiger partial charge is 0.416 e. The molecule has 2 aliphatic heterocycles. The van der Waals surface area contributed by atoms with E-state index in [1.807, 2.05) is 4.90 Å². The minimum Gasteiger partial charge on any atom is -0.444 e. The fourth-order valence-electron chi connectivity index (χ4n) is 4.49. The largest absolute Gasteiger partial charge is 0.444 e. The van der Waals surface area contributed by atoms with Crippen molar-refractivity contribution in [3.05, 3.63) is 57.6 Å². The molecule has 0 atom stereocenters. The van der Waals surface area contributed by atoms with Crippen molar-refractivity contribution in [3.8, 4) is 0 Å². The van der Waals surface area contributed by atoms with Crippen LogP contribution in [0.1, 0.15) is 31.9 Å². The number of nitrogens with one attached hydrogen (secondary N) is 1. The molecule has 0 aliphatic carbocycles. The number of nitro benzene ring substituents is 1. The summed E-state index contributed by atoms with van der Waals surface area (Å²) >= 11 is 0. The van der Waals surface area contributed by atoms with Crippen molar-refractivity contribution in [1.29, 1.82) is 0 Å². The van der Waals surface area contributed by atoms with E-state index < -0.39 is 39.7 Å². The van der Waals surface area contributed by atoms with Gasteiger partial charge in [-0.05, 0) is 51.1 Å². The van der Waals surface area contributed by atoms with Gasteiger partial charge in [0.15, 0.2) is 0 Å². The minimum absolute atomic E-state index is 0.0792. The van der Waals surface area contributed by atoms with E-state index in [2.05, 4.69) is 5.32 Å². The van der Waals surface area contributed by atoms with Crippen molar-refractivity contribution in [2.75, 3.05) is 67.9 Å². The number of nitrogens with two attached hydrogens (primary N) is 1. The number of nitrogen functional groups attached to an aromatic ring is 1. The molecule has 2 aromatic carbocycles. The van der Waals surface area contributed by atoms with Crippen LogP contribution in [0.3, 0.4) is 0 Å². The highest BCUT2D eigenvalue weighted by Gasteiger charge is 2.34. The topological polar surface area (TPSA) is 117 Å². The average molecular weight is 621 g/mol. The molecule has 10 nitrogen and oxygen atoms in total. The Balaban J connectivity index is 0.000000242. The molecule has 0 aromatic heterocycles. The number of carbonyl (C=O) groups is 1. The summed E-state index contributed by atoms with van der Waals surface area (Å²) in [7, 11) is 0. The molecule has 2 aromatic rings. The predicted molar refractivity (Wildman–Crippen MR) is 149 cm³/mol. The number of amides is 1. The fourth-order valence-corrected chi connectivity index (χ4v) is 4.49. The van der Waals surface area contributed by atoms with E-state index in [-0.39, 0.29) is 17.5 Å². The first-order valence-electron chi connectivity index (χ1n) is 13.4. The Bertz CT molecular complexity index is 1280. The first kappa shape index (κ1) is 33.6. The van der Waals surface area contributed by atoms with Gasteiger partial charge in [-0.2, -0.15) is 26.3 Å². The van der Waals surface area contributed by atoms with Crippen LogP contribution >= 0.6 is 0 Å². The van der Waals surface area contributed by atoms with E-state index >= 15 is 0 Å². The van der Waals surface area contributed by atoms with Crippen LogP contribution in [0, 0.1) is 10.1 Å². The maximum Gasteiger partial charge on any atom is 0.416 e. The second-order valence-electron chi connectivity index (χ2n) is 10.9. The number of hydrogen-bond donors (Lipinski definition) is 2. The number of halogens is 6. The van der Waals surface area contributed by atoms with Crippen LogP contribution < -0.4 is 20.9 Å². The van der Waals surface area contributed by atoms with E-state index in [4.69, 9.17) is 10.5 Å². The molecule has 2 heterocycles. The Kier molecular flexibility index (Phi) is 10.3. The molecular weight excluding hydrogens is 586 g/mol. The quantitative estimate of drug-likeness (QED) is 0.204. The Morgan fingerprint density at radius 1 is 0.837 bits per heavy atom. The molecule has 1 amide bonds. The van der Waals surface area contributed by atoms with Crippen molar-refractivity contribution in [2.45, 2.75) is 38.7 Å². The number of anilines is 3. The molecule has 238 valence electrons. The van der Waals surface area contributed by atoms with Crippen LogP contribution in [0.2, 0.25) is 0 Å². The fraction of sp³-hybridized carbons (Fsp3) is 0.519. The van der Waals surface area contributed by atoms with Gasteiger partial charge in [-0.3, -0.25) is 10.1 Å². The lowest BCUT2D eigenvalue weighted by Crippen LogP contribution is -2.50. The van der Waals surface area contributed by atoms with Gasteiger partial charge in [0.05, 0.1) is 27.4 Å². The third kappa shape index (κ3) is 9.27. The highest BCUT2D eigenvalue weighted by Crippen LogP contribution is 2.37. The third-order valence-corrected chi connectivity index (χ3v) is 6.58. The number of nitrogens with zero attached hydrogens (tertiary/aromatic N) is 4. The van der Waals surface area contributed by atoms with E-state index in [9.17, 15) is 41.3 Å². The number of alkyl halides is 6. The summed E-state index contributed by atoms with van der Waals surface area (Å²) in [5.74, 6) is 0. The van der Waals surface area contributed by atoms with Crippen molar-refractivity contribution < 1.29 is 40.8 Å². The van der Waals surface area contributed by atoms with E-state index in [1.165, 1.54) is 12.1 Å². The molecule has 2 saturated heterocycles. The number of benzene rings is 2. The lowest BCUT2D eigenvalue weighted by atomic mass is 10.1. The molecule has 0 spiro atoms. The van der Waals surface area contributed by atoms with Crippen LogP contribution in [-0.2, 0) is 17.1 Å². The number of ether oxygens (including phenoxy) is 1. The number of piperazine rings is 2. The summed E-state index contributed by atoms with van der Waals surface area (Å²) in [5.41, 5.74) is 3.81. The molecular formula is C27H34F6N6O4. The summed E-state index contributed by atoms with van der Waals surface area (Å²) in [4.78, 5) is 27.4. The lowest BCUT2D eigenvalue weighted by Gasteiger charge is -2.37. The first-order chi connectivity index (χ1) is 19.9. The highest BCUT2D eigenvalue weighted by molar-refractivity contribution is 5.71. The Morgan fingerprint density at radius 3 is 1.79 bits per heavy atom. The molecule has 3 N–H and O–H groups in total. The summed E-state index contributed by atoms with van der Waals surface area (Å²) in [6.07, 6.45) is -9.38. The lowest BCUT2D eigenvalue weighted by molar-refractivity contribution is -0.384. The number of nitro groups is 1. The van der Waals surface area contributed by atoms with Gasteiger partial charge in [0, 0.05) is 58.4 Å². The van der Waals surface area contributed by atoms with Crippen molar-refractivity contribution in [1.82, 2.24) is 10.2 Å². The standard InChI is InChI=1S/C16H22F3N3O2.C11H12F3N3O2/c1-15(2,3)24-14(23)22-8-6-21(7-9-22)13-5-4-11(10-12(13)20)16(17,18)19;12-11(13,14)8-1-2-9(10(7-8)17(18)19)16-5-3-15-4-6-16/h4-5,10H,6-9,20H2,1-3H3;1-2,7,15H,3-6H2.